The number of rotatable bonds is 12. The first kappa shape index (κ1) is 61.5. The highest BCUT2D eigenvalue weighted by Gasteiger charge is 2.58. The zero-order valence-corrected chi connectivity index (χ0v) is 56.3. The van der Waals surface area contributed by atoms with Gasteiger partial charge < -0.3 is 9.80 Å². The molecule has 101 heavy (non-hydrogen) atoms. The maximum Gasteiger partial charge on any atom is 0.150 e. The second-order valence-corrected chi connectivity index (χ2v) is 27.9. The Bertz CT molecular complexity index is 5740. The third-order valence-corrected chi connectivity index (χ3v) is 22.7. The summed E-state index contributed by atoms with van der Waals surface area (Å²) in [6.45, 7) is 16.8. The molecule has 13 aromatic rings. The molecule has 486 valence electrons. The van der Waals surface area contributed by atoms with Crippen molar-refractivity contribution >= 4 is 46.3 Å². The van der Waals surface area contributed by atoms with E-state index in [4.69, 9.17) is 0 Å². The number of nitrogens with zero attached hydrogens (tertiary/aromatic N) is 2. The number of benzene rings is 13. The predicted molar refractivity (Wildman–Crippen MR) is 406 cm³/mol. The van der Waals surface area contributed by atoms with Gasteiger partial charge in [0.2, 0.25) is 0 Å². The molecule has 0 bridgehead atoms. The van der Waals surface area contributed by atoms with E-state index in [9.17, 15) is 0 Å². The number of allylic oxidation sites excluding steroid dienone is 4. The summed E-state index contributed by atoms with van der Waals surface area (Å²) in [6.07, 6.45) is 12.6. The van der Waals surface area contributed by atoms with Crippen LogP contribution in [0.1, 0.15) is 106 Å². The summed E-state index contributed by atoms with van der Waals surface area (Å²) in [6, 6.07) is 90.3. The molecule has 0 amide bonds. The molecule has 18 rings (SSSR count). The minimum Gasteiger partial charge on any atom is -0.308 e. The van der Waals surface area contributed by atoms with Crippen molar-refractivity contribution in [3.05, 3.63) is 428 Å². The van der Waals surface area contributed by atoms with E-state index >= 15 is 17.6 Å². The van der Waals surface area contributed by atoms with Crippen molar-refractivity contribution in [2.75, 3.05) is 9.80 Å². The Hall–Kier alpha value is -11.9. The summed E-state index contributed by atoms with van der Waals surface area (Å²) in [5, 5.41) is 0. The molecule has 0 saturated heterocycles. The molecule has 5 aliphatic rings. The minimum absolute atomic E-state index is 0.102. The Labute approximate surface area is 587 Å². The van der Waals surface area contributed by atoms with Gasteiger partial charge in [-0.25, -0.2) is 17.6 Å². The predicted octanol–water partition coefficient (Wildman–Crippen LogP) is 24.6. The second-order valence-electron chi connectivity index (χ2n) is 27.9. The average molecular weight is 1310 g/mol. The average Bonchev–Trinajstić information content (AvgIpc) is 1.68. The molecule has 2 nitrogen and oxygen atoms in total. The molecule has 5 atom stereocenters. The summed E-state index contributed by atoms with van der Waals surface area (Å²) >= 11 is 0. The topological polar surface area (TPSA) is 6.48 Å². The molecule has 5 aliphatic carbocycles. The van der Waals surface area contributed by atoms with Gasteiger partial charge in [0, 0.05) is 46.7 Å². The van der Waals surface area contributed by atoms with E-state index in [1.54, 1.807) is 12.1 Å². The maximum absolute atomic E-state index is 17.5. The molecule has 0 radical (unpaired) electrons. The van der Waals surface area contributed by atoms with Crippen molar-refractivity contribution < 1.29 is 17.6 Å². The van der Waals surface area contributed by atoms with Crippen molar-refractivity contribution in [3.63, 3.8) is 0 Å². The van der Waals surface area contributed by atoms with Gasteiger partial charge in [-0.2, -0.15) is 0 Å². The second kappa shape index (κ2) is 23.1. The van der Waals surface area contributed by atoms with Crippen molar-refractivity contribution in [2.45, 2.75) is 49.9 Å². The zero-order valence-electron chi connectivity index (χ0n) is 56.3. The highest BCUT2D eigenvalue weighted by Crippen LogP contribution is 2.67. The van der Waals surface area contributed by atoms with Gasteiger partial charge in [0.25, 0.3) is 0 Å². The number of halogens is 4. The van der Waals surface area contributed by atoms with E-state index < -0.39 is 39.5 Å². The van der Waals surface area contributed by atoms with Gasteiger partial charge in [-0.1, -0.05) is 243 Å². The van der Waals surface area contributed by atoms with Gasteiger partial charge in [-0.05, 0) is 223 Å². The molecule has 0 saturated carbocycles. The van der Waals surface area contributed by atoms with E-state index in [-0.39, 0.29) is 23.2 Å². The van der Waals surface area contributed by atoms with Crippen LogP contribution < -0.4 is 9.80 Å². The Balaban J connectivity index is 0.869. The lowest BCUT2D eigenvalue weighted by Gasteiger charge is -2.38. The largest absolute Gasteiger partial charge is 0.308 e. The lowest BCUT2D eigenvalue weighted by atomic mass is 9.65. The van der Waals surface area contributed by atoms with Crippen LogP contribution in [0.5, 0.6) is 0 Å². The van der Waals surface area contributed by atoms with Gasteiger partial charge in [-0.3, -0.25) is 0 Å². The summed E-state index contributed by atoms with van der Waals surface area (Å²) in [5.74, 6) is -3.07. The van der Waals surface area contributed by atoms with Crippen molar-refractivity contribution in [3.8, 4) is 33.4 Å². The number of hydrogen-bond acceptors (Lipinski definition) is 2. The SMILES string of the molecule is C=Cc1ccc(C2(c3cc(C)ccc3C)c3ccccc3-c3ccc(N(c4ccc5c(c4)C4(c6ccccc6-5)c5cc(N(c6ccc7c(c6)C(c6ccc(C=C)cc6)(c6cc(C)ccc6C)c6ccccc6-7)c6ccc(F)cc6F)ccc5C5C=CC=CC54)c4ccc(F)cc4F)cc32)cc1. The number of anilines is 6. The van der Waals surface area contributed by atoms with Crippen molar-refractivity contribution in [1.82, 2.24) is 0 Å². The molecule has 0 fully saturated rings. The van der Waals surface area contributed by atoms with Crippen LogP contribution in [0.4, 0.5) is 51.7 Å². The fourth-order valence-corrected chi connectivity index (χ4v) is 18.4. The van der Waals surface area contributed by atoms with Crippen LogP contribution in [0.2, 0.25) is 0 Å². The van der Waals surface area contributed by atoms with Gasteiger partial charge in [0.05, 0.1) is 27.6 Å². The molecular formula is C95H68F4N2. The van der Waals surface area contributed by atoms with Crippen LogP contribution in [0.3, 0.4) is 0 Å². The van der Waals surface area contributed by atoms with Gasteiger partial charge >= 0.3 is 0 Å². The number of fused-ring (bicyclic) bond motifs is 16. The zero-order chi connectivity index (χ0) is 68.8. The Kier molecular flexibility index (Phi) is 14.1. The summed E-state index contributed by atoms with van der Waals surface area (Å²) in [4.78, 5) is 3.92. The summed E-state index contributed by atoms with van der Waals surface area (Å²) in [7, 11) is 0. The Morgan fingerprint density at radius 1 is 0.337 bits per heavy atom. The Morgan fingerprint density at radius 2 is 0.733 bits per heavy atom. The summed E-state index contributed by atoms with van der Waals surface area (Å²) in [5.41, 5.74) is 26.4. The molecule has 0 aliphatic heterocycles. The van der Waals surface area contributed by atoms with E-state index in [0.29, 0.717) is 22.7 Å². The highest BCUT2D eigenvalue weighted by atomic mass is 19.1. The number of hydrogen-bond donors (Lipinski definition) is 0. The van der Waals surface area contributed by atoms with E-state index in [1.807, 2.05) is 22.0 Å². The van der Waals surface area contributed by atoms with Gasteiger partial charge in [0.15, 0.2) is 0 Å². The highest BCUT2D eigenvalue weighted by molar-refractivity contribution is 5.95. The van der Waals surface area contributed by atoms with Crippen LogP contribution in [0.15, 0.2) is 304 Å². The van der Waals surface area contributed by atoms with Crippen LogP contribution in [-0.2, 0) is 16.2 Å². The maximum atomic E-state index is 17.5. The fraction of sp³-hybridized carbons (Fsp3) is 0.0947. The normalized spacial score (nSPS) is 18.8. The first-order valence-corrected chi connectivity index (χ1v) is 34.6. The van der Waals surface area contributed by atoms with Gasteiger partial charge in [-0.15, -0.1) is 0 Å². The van der Waals surface area contributed by atoms with Crippen LogP contribution >= 0.6 is 0 Å². The van der Waals surface area contributed by atoms with Crippen molar-refractivity contribution in [2.24, 2.45) is 5.92 Å². The van der Waals surface area contributed by atoms with E-state index in [0.717, 1.165) is 146 Å². The molecule has 0 heterocycles. The third-order valence-electron chi connectivity index (χ3n) is 22.7. The van der Waals surface area contributed by atoms with Gasteiger partial charge in [0.1, 0.15) is 23.3 Å². The minimum atomic E-state index is -0.900. The monoisotopic (exact) mass is 1310 g/mol. The molecule has 1 spiro atoms. The first-order valence-electron chi connectivity index (χ1n) is 34.6. The third kappa shape index (κ3) is 8.83. The molecule has 5 unspecified atom stereocenters. The smallest absolute Gasteiger partial charge is 0.150 e. The molecule has 13 aromatic carbocycles. The Morgan fingerprint density at radius 3 is 1.20 bits per heavy atom. The molecule has 6 heteroatoms. The van der Waals surface area contributed by atoms with Crippen LogP contribution in [0, 0.1) is 56.9 Å². The van der Waals surface area contributed by atoms with Crippen LogP contribution in [0.25, 0.3) is 45.5 Å². The van der Waals surface area contributed by atoms with Crippen molar-refractivity contribution in [1.29, 1.82) is 0 Å². The fourth-order valence-electron chi connectivity index (χ4n) is 18.4. The van der Waals surface area contributed by atoms with E-state index in [2.05, 4.69) is 296 Å². The first-order chi connectivity index (χ1) is 49.2. The lowest BCUT2D eigenvalue weighted by molar-refractivity contribution is 0.465. The summed E-state index contributed by atoms with van der Waals surface area (Å²) < 4.78 is 66.1. The van der Waals surface area contributed by atoms with Crippen LogP contribution in [-0.4, -0.2) is 0 Å². The standard InChI is InChI=1S/C95H68F4N2/c1-7-61-29-33-63(34-30-61)93(83-49-57(3)25-27-59(83)5)79-21-13-9-17-71(79)75-43-39-67(53-85(75)93)100(91-47-37-65(96)51-89(91)98)69-41-45-77-73-19-11-15-23-81(73)95(87(77)55-69)82-24-16-12-20-74(82)78-46-42-70(56-88(78)95)101(92-48-38-66(97)52-90(92)99)68-40-44-76-72-18-10-14-22-80(72)94(86(76)54-68,64-35-31-62(8-2)32-36-64)84-50-58(4)26-28-60(84)6/h7-56,73,81H,1-2H2,3-6H3. The molecular weight excluding hydrogens is 1250 g/mol. The molecule has 0 N–H and O–H groups in total. The van der Waals surface area contributed by atoms with E-state index in [1.165, 1.54) is 12.1 Å². The lowest BCUT2D eigenvalue weighted by Crippen LogP contribution is -2.33. The molecule has 0 aromatic heterocycles. The number of aryl methyl sites for hydroxylation is 4. The quantitative estimate of drug-likeness (QED) is 0.113.